The van der Waals surface area contributed by atoms with Crippen LogP contribution in [-0.4, -0.2) is 75.5 Å². The van der Waals surface area contributed by atoms with Crippen LogP contribution < -0.4 is 14.2 Å². The van der Waals surface area contributed by atoms with Crippen molar-refractivity contribution in [2.75, 3.05) is 39.3 Å². The van der Waals surface area contributed by atoms with Gasteiger partial charge in [0.05, 0.1) is 4.90 Å². The highest BCUT2D eigenvalue weighted by Gasteiger charge is 2.33. The predicted octanol–water partition coefficient (Wildman–Crippen LogP) is 1.52. The quantitative estimate of drug-likeness (QED) is 0.654. The van der Waals surface area contributed by atoms with Gasteiger partial charge in [-0.05, 0) is 36.4 Å². The number of nitrogens with zero attached hydrogens (tertiary/aromatic N) is 2. The van der Waals surface area contributed by atoms with Crippen LogP contribution in [0.15, 0.2) is 53.4 Å². The van der Waals surface area contributed by atoms with Gasteiger partial charge in [0, 0.05) is 44.2 Å². The van der Waals surface area contributed by atoms with Crippen molar-refractivity contribution in [2.45, 2.75) is 17.4 Å². The number of benzene rings is 2. The van der Waals surface area contributed by atoms with E-state index in [0.29, 0.717) is 42.7 Å². The molecule has 1 unspecified atom stereocenters. The minimum Gasteiger partial charge on any atom is -0.485 e. The second-order valence-electron chi connectivity index (χ2n) is 7.67. The number of fused-ring (bicyclic) bond motifs is 1. The first-order chi connectivity index (χ1) is 15.8. The first-order valence-electron chi connectivity index (χ1n) is 10.5. The average molecular weight is 494 g/mol. The molecule has 4 rings (SSSR count). The Kier molecular flexibility index (Phi) is 7.06. The monoisotopic (exact) mass is 493 g/mol. The third-order valence-electron chi connectivity index (χ3n) is 5.48. The van der Waals surface area contributed by atoms with Crippen LogP contribution in [0.2, 0.25) is 5.02 Å². The summed E-state index contributed by atoms with van der Waals surface area (Å²) in [6.07, 6.45) is -0.693. The Morgan fingerprint density at radius 1 is 0.970 bits per heavy atom. The van der Waals surface area contributed by atoms with Crippen LogP contribution in [0.1, 0.15) is 6.42 Å². The highest BCUT2D eigenvalue weighted by Crippen LogP contribution is 2.31. The molecule has 1 N–H and O–H groups in total. The van der Waals surface area contributed by atoms with Gasteiger partial charge in [0.25, 0.3) is 5.91 Å². The molecule has 2 aromatic carbocycles. The Morgan fingerprint density at radius 2 is 1.61 bits per heavy atom. The maximum atomic E-state index is 12.8. The van der Waals surface area contributed by atoms with Crippen molar-refractivity contribution < 1.29 is 27.5 Å². The summed E-state index contributed by atoms with van der Waals surface area (Å²) in [5, 5.41) is 0.439. The molecule has 0 aliphatic carbocycles. The molecule has 2 heterocycles. The highest BCUT2D eigenvalue weighted by molar-refractivity contribution is 7.89. The van der Waals surface area contributed by atoms with Crippen LogP contribution in [0.3, 0.4) is 0 Å². The van der Waals surface area contributed by atoms with Crippen LogP contribution in [-0.2, 0) is 19.6 Å². The summed E-state index contributed by atoms with van der Waals surface area (Å²) in [5.74, 6) is 0.806. The van der Waals surface area contributed by atoms with E-state index in [9.17, 15) is 18.0 Å². The third kappa shape index (κ3) is 5.58. The van der Waals surface area contributed by atoms with Gasteiger partial charge < -0.3 is 19.3 Å². The van der Waals surface area contributed by atoms with E-state index in [4.69, 9.17) is 21.1 Å². The number of nitrogens with one attached hydrogen (secondary N) is 1. The zero-order valence-corrected chi connectivity index (χ0v) is 19.3. The molecule has 11 heteroatoms. The number of ether oxygens (including phenoxy) is 2. The summed E-state index contributed by atoms with van der Waals surface area (Å²) in [7, 11) is -3.72. The van der Waals surface area contributed by atoms with E-state index in [2.05, 4.69) is 4.72 Å². The molecule has 0 aromatic heterocycles. The lowest BCUT2D eigenvalue weighted by atomic mass is 10.2. The largest absolute Gasteiger partial charge is 0.485 e. The van der Waals surface area contributed by atoms with Gasteiger partial charge in [-0.2, -0.15) is 0 Å². The van der Waals surface area contributed by atoms with E-state index >= 15 is 0 Å². The SMILES string of the molecule is O=C(CCNS(=O)(=O)c1ccc(Cl)cc1)N1CCN(C(=O)C2COc3ccccc3O2)CC1. The van der Waals surface area contributed by atoms with Crippen molar-refractivity contribution in [1.29, 1.82) is 0 Å². The topological polar surface area (TPSA) is 105 Å². The summed E-state index contributed by atoms with van der Waals surface area (Å²) in [4.78, 5) is 28.7. The summed E-state index contributed by atoms with van der Waals surface area (Å²) >= 11 is 5.78. The Labute approximate surface area is 197 Å². The third-order valence-corrected chi connectivity index (χ3v) is 7.21. The average Bonchev–Trinajstić information content (AvgIpc) is 2.83. The Balaban J connectivity index is 1.22. The molecule has 33 heavy (non-hydrogen) atoms. The van der Waals surface area contributed by atoms with Crippen molar-refractivity contribution in [2.24, 2.45) is 0 Å². The Morgan fingerprint density at radius 3 is 2.30 bits per heavy atom. The molecule has 0 radical (unpaired) electrons. The van der Waals surface area contributed by atoms with Crippen molar-refractivity contribution in [3.63, 3.8) is 0 Å². The molecule has 176 valence electrons. The van der Waals surface area contributed by atoms with Gasteiger partial charge in [-0.1, -0.05) is 23.7 Å². The summed E-state index contributed by atoms with van der Waals surface area (Å²) < 4.78 is 38.4. The van der Waals surface area contributed by atoms with Crippen molar-refractivity contribution in [3.8, 4) is 11.5 Å². The fourth-order valence-corrected chi connectivity index (χ4v) is 4.83. The fourth-order valence-electron chi connectivity index (χ4n) is 3.67. The number of rotatable bonds is 6. The maximum absolute atomic E-state index is 12.8. The second-order valence-corrected chi connectivity index (χ2v) is 9.88. The number of piperazine rings is 1. The Bertz CT molecular complexity index is 1120. The van der Waals surface area contributed by atoms with Crippen LogP contribution in [0.5, 0.6) is 11.5 Å². The van der Waals surface area contributed by atoms with Crippen LogP contribution in [0.4, 0.5) is 0 Å². The normalized spacial score (nSPS) is 18.2. The lowest BCUT2D eigenvalue weighted by Gasteiger charge is -2.37. The first-order valence-corrected chi connectivity index (χ1v) is 12.4. The smallest absolute Gasteiger partial charge is 0.267 e. The number of sulfonamides is 1. The fraction of sp³-hybridized carbons (Fsp3) is 0.364. The van der Waals surface area contributed by atoms with E-state index in [1.807, 2.05) is 12.1 Å². The van der Waals surface area contributed by atoms with Gasteiger partial charge in [0.15, 0.2) is 11.5 Å². The maximum Gasteiger partial charge on any atom is 0.267 e. The summed E-state index contributed by atoms with van der Waals surface area (Å²) in [5.41, 5.74) is 0. The number of carbonyl (C=O) groups is 2. The predicted molar refractivity (Wildman–Crippen MR) is 121 cm³/mol. The zero-order valence-electron chi connectivity index (χ0n) is 17.8. The van der Waals surface area contributed by atoms with Gasteiger partial charge >= 0.3 is 0 Å². The second kappa shape index (κ2) is 9.98. The van der Waals surface area contributed by atoms with Crippen LogP contribution in [0, 0.1) is 0 Å². The standard InChI is InChI=1S/C22H24ClN3O6S/c23-16-5-7-17(8-6-16)33(29,30)24-10-9-21(27)25-11-13-26(14-12-25)22(28)20-15-31-18-3-1-2-4-19(18)32-20/h1-8,20,24H,9-15H2. The molecule has 2 amide bonds. The minimum absolute atomic E-state index is 0.0183. The van der Waals surface area contributed by atoms with Gasteiger partial charge in [-0.15, -0.1) is 0 Å². The van der Waals surface area contributed by atoms with E-state index in [0.717, 1.165) is 0 Å². The Hall–Kier alpha value is -2.82. The molecule has 1 fully saturated rings. The molecule has 1 saturated heterocycles. The van der Waals surface area contributed by atoms with E-state index in [-0.39, 0.29) is 36.3 Å². The highest BCUT2D eigenvalue weighted by atomic mass is 35.5. The molecular formula is C22H24ClN3O6S. The number of carbonyl (C=O) groups excluding carboxylic acids is 2. The molecular weight excluding hydrogens is 470 g/mol. The molecule has 0 bridgehead atoms. The number of halogens is 1. The lowest BCUT2D eigenvalue weighted by Crippen LogP contribution is -2.55. The van der Waals surface area contributed by atoms with E-state index in [1.54, 1.807) is 21.9 Å². The number of amides is 2. The van der Waals surface area contributed by atoms with Crippen molar-refractivity contribution in [3.05, 3.63) is 53.6 Å². The first kappa shape index (κ1) is 23.3. The number of hydrogen-bond acceptors (Lipinski definition) is 6. The molecule has 0 spiro atoms. The zero-order chi connectivity index (χ0) is 23.4. The molecule has 2 aliphatic heterocycles. The van der Waals surface area contributed by atoms with E-state index < -0.39 is 16.1 Å². The number of hydrogen-bond donors (Lipinski definition) is 1. The number of para-hydroxylation sites is 2. The van der Waals surface area contributed by atoms with E-state index in [1.165, 1.54) is 24.3 Å². The van der Waals surface area contributed by atoms with Crippen molar-refractivity contribution in [1.82, 2.24) is 14.5 Å². The van der Waals surface area contributed by atoms with Crippen LogP contribution >= 0.6 is 11.6 Å². The van der Waals surface area contributed by atoms with Gasteiger partial charge in [0.2, 0.25) is 22.0 Å². The lowest BCUT2D eigenvalue weighted by molar-refractivity contribution is -0.146. The molecule has 2 aliphatic rings. The van der Waals surface area contributed by atoms with Gasteiger partial charge in [0.1, 0.15) is 6.61 Å². The molecule has 2 aromatic rings. The van der Waals surface area contributed by atoms with Crippen molar-refractivity contribution >= 4 is 33.4 Å². The molecule has 9 nitrogen and oxygen atoms in total. The molecule has 0 saturated carbocycles. The van der Waals surface area contributed by atoms with Gasteiger partial charge in [-0.3, -0.25) is 9.59 Å². The summed E-state index contributed by atoms with van der Waals surface area (Å²) in [6, 6.07) is 13.0. The molecule has 1 atom stereocenters. The summed E-state index contributed by atoms with van der Waals surface area (Å²) in [6.45, 7) is 1.63. The minimum atomic E-state index is -3.72. The van der Waals surface area contributed by atoms with Gasteiger partial charge in [-0.25, -0.2) is 13.1 Å². The van der Waals surface area contributed by atoms with Crippen LogP contribution in [0.25, 0.3) is 0 Å².